The minimum atomic E-state index is 1.29. The molecule has 0 nitrogen and oxygen atoms in total. The fraction of sp³-hybridized carbons (Fsp3) is 0. The van der Waals surface area contributed by atoms with Crippen molar-refractivity contribution < 1.29 is 0 Å². The molecule has 10 rings (SSSR count). The van der Waals surface area contributed by atoms with Crippen molar-refractivity contribution in [2.45, 2.75) is 0 Å². The molecule has 0 radical (unpaired) electrons. The summed E-state index contributed by atoms with van der Waals surface area (Å²) in [5.41, 5.74) is 2.60. The van der Waals surface area contributed by atoms with Crippen LogP contribution in [-0.2, 0) is 0 Å². The Morgan fingerprint density at radius 2 is 0.833 bits per heavy atom. The van der Waals surface area contributed by atoms with E-state index in [0.717, 1.165) is 0 Å². The monoisotopic (exact) mass is 604 g/mol. The van der Waals surface area contributed by atoms with E-state index >= 15 is 0 Å². The van der Waals surface area contributed by atoms with Crippen LogP contribution in [0.25, 0.3) is 92.2 Å². The standard InChI is InChI=1S/C38H20S4/c1-2-6-22-16-35-29(14-21(22)5-1)37-38(41-35)30-15-23-9-10-25(13-28(23)20-36(30)42-37)32-18-27-12-11-26(19-34(27)40-32)33-17-24-7-3-4-8-31(24)39-33/h1-20H. The maximum absolute atomic E-state index is 2.41. The molecule has 0 spiro atoms. The summed E-state index contributed by atoms with van der Waals surface area (Å²) in [6.45, 7) is 0. The van der Waals surface area contributed by atoms with Gasteiger partial charge in [0, 0.05) is 39.3 Å². The quantitative estimate of drug-likeness (QED) is 0.184. The van der Waals surface area contributed by atoms with Crippen molar-refractivity contribution in [3.63, 3.8) is 0 Å². The van der Waals surface area contributed by atoms with Crippen molar-refractivity contribution in [3.05, 3.63) is 121 Å². The van der Waals surface area contributed by atoms with E-state index in [-0.39, 0.29) is 0 Å². The highest BCUT2D eigenvalue weighted by molar-refractivity contribution is 7.36. The molecule has 0 aliphatic heterocycles. The summed E-state index contributed by atoms with van der Waals surface area (Å²) in [6.07, 6.45) is 0. The molecular weight excluding hydrogens is 585 g/mol. The van der Waals surface area contributed by atoms with Gasteiger partial charge in [-0.05, 0) is 98.0 Å². The third kappa shape index (κ3) is 3.50. The maximum atomic E-state index is 2.41. The summed E-state index contributed by atoms with van der Waals surface area (Å²) < 4.78 is 8.29. The first-order chi connectivity index (χ1) is 20.7. The Kier molecular flexibility index (Phi) is 4.88. The molecule has 4 heterocycles. The first kappa shape index (κ1) is 23.5. The molecular formula is C38H20S4. The van der Waals surface area contributed by atoms with Gasteiger partial charge in [-0.2, -0.15) is 0 Å². The highest BCUT2D eigenvalue weighted by atomic mass is 32.1. The fourth-order valence-corrected chi connectivity index (χ4v) is 11.1. The molecule has 6 aromatic carbocycles. The van der Waals surface area contributed by atoms with Gasteiger partial charge >= 0.3 is 0 Å². The van der Waals surface area contributed by atoms with E-state index < -0.39 is 0 Å². The molecule has 0 N–H and O–H groups in total. The second-order valence-corrected chi connectivity index (χ2v) is 15.3. The molecule has 0 aliphatic rings. The Morgan fingerprint density at radius 1 is 0.310 bits per heavy atom. The van der Waals surface area contributed by atoms with Crippen molar-refractivity contribution in [1.82, 2.24) is 0 Å². The molecule has 0 unspecified atom stereocenters. The van der Waals surface area contributed by atoms with Crippen LogP contribution in [0.4, 0.5) is 0 Å². The van der Waals surface area contributed by atoms with Crippen molar-refractivity contribution in [2.24, 2.45) is 0 Å². The normalized spacial score (nSPS) is 12.3. The smallest absolute Gasteiger partial charge is 0.0542 e. The summed E-state index contributed by atoms with van der Waals surface area (Å²) in [6, 6.07) is 45.5. The summed E-state index contributed by atoms with van der Waals surface area (Å²) in [7, 11) is 0. The van der Waals surface area contributed by atoms with Gasteiger partial charge < -0.3 is 0 Å². The van der Waals surface area contributed by atoms with E-state index in [0.29, 0.717) is 0 Å². The molecule has 10 aromatic rings. The minimum absolute atomic E-state index is 1.29. The number of hydrogen-bond donors (Lipinski definition) is 0. The molecule has 196 valence electrons. The van der Waals surface area contributed by atoms with E-state index in [9.17, 15) is 0 Å². The second kappa shape index (κ2) is 8.73. The van der Waals surface area contributed by atoms with E-state index in [1.807, 2.05) is 45.3 Å². The Labute approximate surface area is 257 Å². The van der Waals surface area contributed by atoms with E-state index in [1.54, 1.807) is 0 Å². The fourth-order valence-electron chi connectivity index (χ4n) is 6.29. The predicted molar refractivity (Wildman–Crippen MR) is 191 cm³/mol. The molecule has 0 atom stereocenters. The van der Waals surface area contributed by atoms with Crippen LogP contribution in [0.3, 0.4) is 0 Å². The summed E-state index contributed by atoms with van der Waals surface area (Å²) in [5, 5.41) is 10.7. The van der Waals surface area contributed by atoms with Crippen molar-refractivity contribution in [2.75, 3.05) is 0 Å². The number of thiophene rings is 4. The van der Waals surface area contributed by atoms with Gasteiger partial charge in [-0.25, -0.2) is 0 Å². The van der Waals surface area contributed by atoms with Crippen molar-refractivity contribution in [3.8, 4) is 20.9 Å². The van der Waals surface area contributed by atoms with Gasteiger partial charge in [-0.1, -0.05) is 66.7 Å². The minimum Gasteiger partial charge on any atom is -0.135 e. The topological polar surface area (TPSA) is 0 Å². The number of rotatable bonds is 2. The Balaban J connectivity index is 1.07. The van der Waals surface area contributed by atoms with Gasteiger partial charge in [0.2, 0.25) is 0 Å². The third-order valence-electron chi connectivity index (χ3n) is 8.42. The zero-order valence-corrected chi connectivity index (χ0v) is 25.4. The SMILES string of the molecule is c1ccc2cc3c(cc2c1)sc1c2cc4ccc(-c5cc6ccc(-c7cc8ccccc8s7)cc6s5)cc4cc2sc31. The molecule has 4 aromatic heterocycles. The first-order valence-electron chi connectivity index (χ1n) is 14.0. The molecule has 0 fully saturated rings. The van der Waals surface area contributed by atoms with Crippen LogP contribution >= 0.6 is 45.3 Å². The van der Waals surface area contributed by atoms with E-state index in [4.69, 9.17) is 0 Å². The summed E-state index contributed by atoms with van der Waals surface area (Å²) in [4.78, 5) is 2.66. The number of fused-ring (bicyclic) bond motifs is 9. The van der Waals surface area contributed by atoms with Crippen molar-refractivity contribution in [1.29, 1.82) is 0 Å². The zero-order valence-electron chi connectivity index (χ0n) is 22.2. The van der Waals surface area contributed by atoms with E-state index in [1.165, 1.54) is 92.2 Å². The number of benzene rings is 6. The lowest BCUT2D eigenvalue weighted by Gasteiger charge is -2.03. The largest absolute Gasteiger partial charge is 0.135 e. The van der Waals surface area contributed by atoms with Crippen LogP contribution in [0.15, 0.2) is 121 Å². The molecule has 0 saturated heterocycles. The zero-order chi connectivity index (χ0) is 27.4. The van der Waals surface area contributed by atoms with Gasteiger partial charge in [0.05, 0.1) is 9.40 Å². The molecule has 0 aliphatic carbocycles. The average Bonchev–Trinajstić information content (AvgIpc) is 3.79. The van der Waals surface area contributed by atoms with Crippen LogP contribution < -0.4 is 0 Å². The average molecular weight is 605 g/mol. The Bertz CT molecular complexity index is 2660. The third-order valence-corrected chi connectivity index (χ3v) is 13.2. The first-order valence-corrected chi connectivity index (χ1v) is 17.2. The Morgan fingerprint density at radius 3 is 1.55 bits per heavy atom. The van der Waals surface area contributed by atoms with Gasteiger partial charge in [-0.3, -0.25) is 0 Å². The van der Waals surface area contributed by atoms with Crippen molar-refractivity contribution >= 4 is 117 Å². The predicted octanol–water partition coefficient (Wildman–Crippen LogP) is 13.3. The lowest BCUT2D eigenvalue weighted by Crippen LogP contribution is -1.76. The van der Waals surface area contributed by atoms with Crippen LogP contribution in [0.1, 0.15) is 0 Å². The van der Waals surface area contributed by atoms with Crippen LogP contribution in [0.5, 0.6) is 0 Å². The summed E-state index contributed by atoms with van der Waals surface area (Å²) >= 11 is 7.65. The van der Waals surface area contributed by atoms with Gasteiger partial charge in [0.25, 0.3) is 0 Å². The Hall–Kier alpha value is -4.06. The van der Waals surface area contributed by atoms with Gasteiger partial charge in [0.15, 0.2) is 0 Å². The lowest BCUT2D eigenvalue weighted by atomic mass is 10.0. The molecule has 4 heteroatoms. The highest BCUT2D eigenvalue weighted by Crippen LogP contribution is 2.47. The van der Waals surface area contributed by atoms with Crippen LogP contribution in [0.2, 0.25) is 0 Å². The summed E-state index contributed by atoms with van der Waals surface area (Å²) in [5.74, 6) is 0. The van der Waals surface area contributed by atoms with Gasteiger partial charge in [-0.15, -0.1) is 45.3 Å². The molecule has 0 bridgehead atoms. The molecule has 42 heavy (non-hydrogen) atoms. The van der Waals surface area contributed by atoms with Crippen LogP contribution in [-0.4, -0.2) is 0 Å². The van der Waals surface area contributed by atoms with Crippen LogP contribution in [0, 0.1) is 0 Å². The second-order valence-electron chi connectivity index (χ2n) is 11.0. The molecule has 0 saturated carbocycles. The number of hydrogen-bond acceptors (Lipinski definition) is 4. The highest BCUT2D eigenvalue weighted by Gasteiger charge is 2.15. The maximum Gasteiger partial charge on any atom is 0.0542 e. The lowest BCUT2D eigenvalue weighted by molar-refractivity contribution is 1.78. The van der Waals surface area contributed by atoms with Gasteiger partial charge in [0.1, 0.15) is 0 Å². The van der Waals surface area contributed by atoms with E-state index in [2.05, 4.69) is 121 Å². The molecule has 0 amide bonds.